The molecule has 0 amide bonds. The van der Waals surface area contributed by atoms with Gasteiger partial charge in [0.1, 0.15) is 11.6 Å². The molecule has 3 N–H and O–H groups in total. The molecule has 1 aromatic carbocycles. The van der Waals surface area contributed by atoms with Gasteiger partial charge < -0.3 is 10.8 Å². The Bertz CT molecular complexity index is 365. The molecule has 17 heavy (non-hydrogen) atoms. The summed E-state index contributed by atoms with van der Waals surface area (Å²) in [4.78, 5) is 0. The lowest BCUT2D eigenvalue weighted by Crippen LogP contribution is -2.32. The molecular weight excluding hydrogens is 271 g/mol. The molecule has 0 aliphatic heterocycles. The van der Waals surface area contributed by atoms with Crippen LogP contribution in [0.1, 0.15) is 25.5 Å². The molecule has 0 saturated carbocycles. The molecule has 0 aliphatic rings. The van der Waals surface area contributed by atoms with Gasteiger partial charge in [-0.05, 0) is 18.1 Å². The summed E-state index contributed by atoms with van der Waals surface area (Å²) in [5.74, 6) is -1.86. The van der Waals surface area contributed by atoms with Crippen molar-refractivity contribution >= 4 is 24.0 Å². The third-order valence-electron chi connectivity index (χ3n) is 2.43. The zero-order valence-corrected chi connectivity index (χ0v) is 11.0. The van der Waals surface area contributed by atoms with Crippen molar-refractivity contribution in [3.63, 3.8) is 0 Å². The zero-order chi connectivity index (χ0) is 12.5. The maximum atomic E-state index is 13.5. The van der Waals surface area contributed by atoms with Gasteiger partial charge in [0.15, 0.2) is 0 Å². The van der Waals surface area contributed by atoms with E-state index in [9.17, 15) is 13.9 Å². The number of benzene rings is 1. The van der Waals surface area contributed by atoms with Crippen LogP contribution in [0.25, 0.3) is 0 Å². The number of aliphatic hydroxyl groups excluding tert-OH is 1. The number of rotatable bonds is 3. The van der Waals surface area contributed by atoms with E-state index >= 15 is 0 Å². The summed E-state index contributed by atoms with van der Waals surface area (Å²) in [6.45, 7) is 3.44. The molecule has 0 radical (unpaired) electrons. The van der Waals surface area contributed by atoms with Crippen molar-refractivity contribution in [3.05, 3.63) is 34.4 Å². The topological polar surface area (TPSA) is 46.2 Å². The van der Waals surface area contributed by atoms with E-state index < -0.39 is 23.8 Å². The second-order valence-corrected chi connectivity index (χ2v) is 4.48. The first kappa shape index (κ1) is 16.6. The quantitative estimate of drug-likeness (QED) is 0.897. The van der Waals surface area contributed by atoms with Crippen LogP contribution in [-0.4, -0.2) is 11.2 Å². The Kier molecular flexibility index (Phi) is 6.34. The van der Waals surface area contributed by atoms with Crippen molar-refractivity contribution in [2.45, 2.75) is 26.0 Å². The van der Waals surface area contributed by atoms with E-state index in [1.165, 1.54) is 0 Å². The van der Waals surface area contributed by atoms with Crippen LogP contribution in [-0.2, 0) is 0 Å². The Morgan fingerprint density at radius 3 is 2.00 bits per heavy atom. The number of nitrogens with two attached hydrogens (primary N) is 1. The van der Waals surface area contributed by atoms with Crippen LogP contribution >= 0.6 is 24.0 Å². The lowest BCUT2D eigenvalue weighted by molar-refractivity contribution is 0.0952. The van der Waals surface area contributed by atoms with Crippen molar-refractivity contribution in [1.29, 1.82) is 0 Å². The molecule has 2 atom stereocenters. The van der Waals surface area contributed by atoms with Gasteiger partial charge in [-0.3, -0.25) is 0 Å². The second kappa shape index (κ2) is 6.50. The molecule has 0 fully saturated rings. The molecule has 0 aliphatic carbocycles. The summed E-state index contributed by atoms with van der Waals surface area (Å²) in [6.07, 6.45) is -1.01. The molecule has 1 rings (SSSR count). The van der Waals surface area contributed by atoms with Gasteiger partial charge >= 0.3 is 0 Å². The highest BCUT2D eigenvalue weighted by molar-refractivity contribution is 6.30. The summed E-state index contributed by atoms with van der Waals surface area (Å²) < 4.78 is 26.9. The molecule has 0 saturated heterocycles. The first-order valence-corrected chi connectivity index (χ1v) is 5.30. The van der Waals surface area contributed by atoms with Gasteiger partial charge in [-0.1, -0.05) is 25.4 Å². The molecule has 2 nitrogen and oxygen atoms in total. The summed E-state index contributed by atoms with van der Waals surface area (Å²) in [6, 6.07) is 0.858. The second-order valence-electron chi connectivity index (χ2n) is 4.04. The maximum Gasteiger partial charge on any atom is 0.132 e. The van der Waals surface area contributed by atoms with E-state index in [4.69, 9.17) is 17.3 Å². The van der Waals surface area contributed by atoms with Crippen molar-refractivity contribution < 1.29 is 13.9 Å². The van der Waals surface area contributed by atoms with Crippen LogP contribution in [0.5, 0.6) is 0 Å². The van der Waals surface area contributed by atoms with Gasteiger partial charge in [0, 0.05) is 10.6 Å². The van der Waals surface area contributed by atoms with Gasteiger partial charge in [0.25, 0.3) is 0 Å². The highest BCUT2D eigenvalue weighted by Crippen LogP contribution is 2.27. The molecule has 0 aromatic heterocycles. The van der Waals surface area contributed by atoms with E-state index in [1.807, 2.05) is 0 Å². The Morgan fingerprint density at radius 2 is 1.65 bits per heavy atom. The van der Waals surface area contributed by atoms with Gasteiger partial charge in [0.05, 0.1) is 12.1 Å². The fourth-order valence-electron chi connectivity index (χ4n) is 1.46. The third kappa shape index (κ3) is 3.78. The van der Waals surface area contributed by atoms with Crippen LogP contribution in [0.2, 0.25) is 5.02 Å². The molecule has 0 spiro atoms. The van der Waals surface area contributed by atoms with E-state index in [1.54, 1.807) is 13.8 Å². The van der Waals surface area contributed by atoms with Crippen LogP contribution in [0.4, 0.5) is 8.78 Å². The van der Waals surface area contributed by atoms with Gasteiger partial charge in [-0.15, -0.1) is 12.4 Å². The van der Waals surface area contributed by atoms with Crippen molar-refractivity contribution in [2.24, 2.45) is 11.7 Å². The molecule has 1 aromatic rings. The molecule has 0 unspecified atom stereocenters. The predicted molar refractivity (Wildman–Crippen MR) is 66.4 cm³/mol. The molecule has 6 heteroatoms. The minimum absolute atomic E-state index is 0. The SMILES string of the molecule is CC(C)[C@@H](O)[C@@H](N)c1c(F)cc(Cl)cc1F.Cl. The monoisotopic (exact) mass is 285 g/mol. The van der Waals surface area contributed by atoms with E-state index in [0.29, 0.717) is 0 Å². The van der Waals surface area contributed by atoms with Crippen LogP contribution < -0.4 is 5.73 Å². The summed E-state index contributed by atoms with van der Waals surface area (Å²) in [5.41, 5.74) is 5.29. The van der Waals surface area contributed by atoms with Gasteiger partial charge in [0.2, 0.25) is 0 Å². The number of aliphatic hydroxyl groups is 1. The fraction of sp³-hybridized carbons (Fsp3) is 0.455. The van der Waals surface area contributed by atoms with Gasteiger partial charge in [-0.25, -0.2) is 8.78 Å². The Labute approximate surface area is 110 Å². The predicted octanol–water partition coefficient (Wildman–Crippen LogP) is 3.06. The van der Waals surface area contributed by atoms with Crippen molar-refractivity contribution in [1.82, 2.24) is 0 Å². The largest absolute Gasteiger partial charge is 0.391 e. The van der Waals surface area contributed by atoms with Crippen LogP contribution in [0.15, 0.2) is 12.1 Å². The maximum absolute atomic E-state index is 13.5. The number of hydrogen-bond donors (Lipinski definition) is 2. The molecule has 0 bridgehead atoms. The Balaban J connectivity index is 0.00000256. The average Bonchev–Trinajstić information content (AvgIpc) is 2.14. The Hall–Kier alpha value is -0.420. The lowest BCUT2D eigenvalue weighted by atomic mass is 9.94. The minimum Gasteiger partial charge on any atom is -0.391 e. The highest BCUT2D eigenvalue weighted by Gasteiger charge is 2.26. The minimum atomic E-state index is -1.10. The first-order chi connectivity index (χ1) is 7.34. The van der Waals surface area contributed by atoms with E-state index in [0.717, 1.165) is 12.1 Å². The average molecular weight is 286 g/mol. The van der Waals surface area contributed by atoms with Crippen molar-refractivity contribution in [3.8, 4) is 0 Å². The number of halogens is 4. The molecule has 0 heterocycles. The number of hydrogen-bond acceptors (Lipinski definition) is 2. The van der Waals surface area contributed by atoms with Crippen LogP contribution in [0.3, 0.4) is 0 Å². The smallest absolute Gasteiger partial charge is 0.132 e. The van der Waals surface area contributed by atoms with E-state index in [2.05, 4.69) is 0 Å². The highest BCUT2D eigenvalue weighted by atomic mass is 35.5. The first-order valence-electron chi connectivity index (χ1n) is 4.92. The fourth-order valence-corrected chi connectivity index (χ4v) is 1.65. The normalized spacial score (nSPS) is 14.4. The summed E-state index contributed by atoms with van der Waals surface area (Å²) in [5, 5.41) is 9.64. The third-order valence-corrected chi connectivity index (χ3v) is 2.65. The van der Waals surface area contributed by atoms with Crippen molar-refractivity contribution in [2.75, 3.05) is 0 Å². The molecular formula is C11H15Cl2F2NO. The standard InChI is InChI=1S/C11H14ClF2NO.ClH/c1-5(2)11(16)10(15)9-7(13)3-6(12)4-8(9)14;/h3-5,10-11,16H,15H2,1-2H3;1H/t10-,11+;/m0./s1. The zero-order valence-electron chi connectivity index (χ0n) is 9.45. The Morgan fingerprint density at radius 1 is 1.24 bits per heavy atom. The summed E-state index contributed by atoms with van der Waals surface area (Å²) >= 11 is 5.49. The van der Waals surface area contributed by atoms with Crippen LogP contribution in [0, 0.1) is 17.6 Å². The van der Waals surface area contributed by atoms with Gasteiger partial charge in [-0.2, -0.15) is 0 Å². The lowest BCUT2D eigenvalue weighted by Gasteiger charge is -2.23. The summed E-state index contributed by atoms with van der Waals surface area (Å²) in [7, 11) is 0. The molecule has 98 valence electrons. The van der Waals surface area contributed by atoms with E-state index in [-0.39, 0.29) is 28.9 Å².